The van der Waals surface area contributed by atoms with Crippen molar-refractivity contribution in [2.24, 2.45) is 0 Å². The predicted octanol–water partition coefficient (Wildman–Crippen LogP) is 1.75. The number of halogens is 1. The van der Waals surface area contributed by atoms with E-state index in [2.05, 4.69) is 10.3 Å². The van der Waals surface area contributed by atoms with Gasteiger partial charge in [0.2, 0.25) is 5.91 Å². The molecule has 0 saturated heterocycles. The number of aromatic nitrogens is 1. The predicted molar refractivity (Wildman–Crippen MR) is 82.1 cm³/mol. The average molecular weight is 308 g/mol. The highest BCUT2D eigenvalue weighted by Gasteiger charge is 2.26. The van der Waals surface area contributed by atoms with Crippen molar-refractivity contribution in [3.8, 4) is 0 Å². The first kappa shape index (κ1) is 16.5. The van der Waals surface area contributed by atoms with E-state index in [0.29, 0.717) is 18.5 Å². The molecule has 2 aromatic rings. The van der Waals surface area contributed by atoms with Gasteiger partial charge in [-0.15, -0.1) is 0 Å². The molecule has 0 bridgehead atoms. The highest BCUT2D eigenvalue weighted by molar-refractivity contribution is 5.89. The van der Waals surface area contributed by atoms with Gasteiger partial charge >= 0.3 is 0 Å². The smallest absolute Gasteiger partial charge is 0.225 e. The second-order valence-corrected chi connectivity index (χ2v) is 5.70. The third-order valence-corrected chi connectivity index (χ3v) is 3.65. The lowest BCUT2D eigenvalue weighted by Gasteiger charge is -2.29. The van der Waals surface area contributed by atoms with Gasteiger partial charge in [0.15, 0.2) is 0 Å². The molecule has 2 rings (SSSR count). The molecule has 0 aliphatic heterocycles. The molecule has 0 radical (unpaired) electrons. The van der Waals surface area contributed by atoms with Crippen molar-refractivity contribution in [1.29, 1.82) is 0 Å². The molecular formula is C16H21FN2O3. The lowest BCUT2D eigenvalue weighted by Crippen LogP contribution is -2.50. The van der Waals surface area contributed by atoms with Crippen LogP contribution in [0.5, 0.6) is 0 Å². The minimum Gasteiger partial charge on any atom is -0.396 e. The number of hydrogen-bond donors (Lipinski definition) is 3. The van der Waals surface area contributed by atoms with Crippen LogP contribution in [0, 0.1) is 5.82 Å². The molecule has 0 aliphatic rings. The van der Waals surface area contributed by atoms with E-state index in [1.807, 2.05) is 6.92 Å². The largest absolute Gasteiger partial charge is 0.396 e. The number of aliphatic hydroxyl groups excluding tert-OH is 1. The van der Waals surface area contributed by atoms with E-state index in [0.717, 1.165) is 10.9 Å². The zero-order chi connectivity index (χ0) is 16.2. The van der Waals surface area contributed by atoms with Gasteiger partial charge in [-0.05, 0) is 37.1 Å². The Morgan fingerprint density at radius 1 is 1.50 bits per heavy atom. The maximum Gasteiger partial charge on any atom is 0.225 e. The van der Waals surface area contributed by atoms with Crippen molar-refractivity contribution >= 4 is 16.8 Å². The lowest BCUT2D eigenvalue weighted by molar-refractivity contribution is -0.123. The summed E-state index contributed by atoms with van der Waals surface area (Å²) in [6.45, 7) is 2.11. The molecule has 120 valence electrons. The van der Waals surface area contributed by atoms with Crippen molar-refractivity contribution in [2.75, 3.05) is 20.3 Å². The number of amides is 1. The van der Waals surface area contributed by atoms with Crippen LogP contribution in [0.2, 0.25) is 0 Å². The summed E-state index contributed by atoms with van der Waals surface area (Å²) in [5, 5.41) is 12.8. The second kappa shape index (κ2) is 6.89. The van der Waals surface area contributed by atoms with Gasteiger partial charge in [-0.3, -0.25) is 4.79 Å². The van der Waals surface area contributed by atoms with E-state index in [9.17, 15) is 9.18 Å². The maximum absolute atomic E-state index is 13.2. The number of H-pyrrole nitrogens is 1. The Balaban J connectivity index is 2.10. The molecule has 1 aromatic heterocycles. The van der Waals surface area contributed by atoms with Crippen molar-refractivity contribution in [2.45, 2.75) is 25.3 Å². The van der Waals surface area contributed by atoms with E-state index >= 15 is 0 Å². The number of carbonyl (C=O) groups excluding carboxylic acids is 1. The van der Waals surface area contributed by atoms with Crippen LogP contribution in [0.1, 0.15) is 18.9 Å². The van der Waals surface area contributed by atoms with Crippen LogP contribution in [-0.4, -0.2) is 41.9 Å². The molecular weight excluding hydrogens is 287 g/mol. The van der Waals surface area contributed by atoms with Gasteiger partial charge in [0.1, 0.15) is 5.82 Å². The fourth-order valence-corrected chi connectivity index (χ4v) is 2.59. The first-order chi connectivity index (χ1) is 10.5. The Morgan fingerprint density at radius 2 is 2.27 bits per heavy atom. The summed E-state index contributed by atoms with van der Waals surface area (Å²) in [6, 6.07) is 4.43. The highest BCUT2D eigenvalue weighted by atomic mass is 19.1. The van der Waals surface area contributed by atoms with E-state index in [1.165, 1.54) is 12.1 Å². The zero-order valence-electron chi connectivity index (χ0n) is 12.8. The number of rotatable bonds is 7. The first-order valence-electron chi connectivity index (χ1n) is 7.14. The van der Waals surface area contributed by atoms with Gasteiger partial charge in [-0.25, -0.2) is 4.39 Å². The van der Waals surface area contributed by atoms with Crippen LogP contribution in [0.4, 0.5) is 4.39 Å². The first-order valence-corrected chi connectivity index (χ1v) is 7.14. The molecule has 1 unspecified atom stereocenters. The number of fused-ring (bicyclic) bond motifs is 1. The summed E-state index contributed by atoms with van der Waals surface area (Å²) in [5.74, 6) is -0.487. The third-order valence-electron chi connectivity index (χ3n) is 3.65. The van der Waals surface area contributed by atoms with Crippen LogP contribution in [-0.2, 0) is 16.0 Å². The Morgan fingerprint density at radius 3 is 2.95 bits per heavy atom. The van der Waals surface area contributed by atoms with Crippen LogP contribution in [0.15, 0.2) is 24.4 Å². The summed E-state index contributed by atoms with van der Waals surface area (Å²) in [6.07, 6.45) is 2.30. The Hall–Kier alpha value is -1.92. The second-order valence-electron chi connectivity index (χ2n) is 5.70. The molecule has 1 heterocycles. The van der Waals surface area contributed by atoms with E-state index < -0.39 is 5.54 Å². The quantitative estimate of drug-likeness (QED) is 0.729. The summed E-state index contributed by atoms with van der Waals surface area (Å²) < 4.78 is 18.3. The number of hydrogen-bond acceptors (Lipinski definition) is 3. The summed E-state index contributed by atoms with van der Waals surface area (Å²) in [7, 11) is 1.55. The Kier molecular flexibility index (Phi) is 5.15. The molecule has 3 N–H and O–H groups in total. The van der Waals surface area contributed by atoms with Crippen molar-refractivity contribution in [3.63, 3.8) is 0 Å². The summed E-state index contributed by atoms with van der Waals surface area (Å²) >= 11 is 0. The van der Waals surface area contributed by atoms with Crippen molar-refractivity contribution in [1.82, 2.24) is 10.3 Å². The number of carbonyl (C=O) groups is 1. The molecule has 0 fully saturated rings. The molecule has 1 atom stereocenters. The minimum atomic E-state index is -0.612. The standard InChI is InChI=1S/C16H21FN2O3/c1-16(5-6-20,10-22-2)19-15(21)7-11-9-18-14-8-12(17)3-4-13(11)14/h3-4,8-9,18,20H,5-7,10H2,1-2H3,(H,19,21). The topological polar surface area (TPSA) is 74.3 Å². The lowest BCUT2D eigenvalue weighted by atomic mass is 9.98. The van der Waals surface area contributed by atoms with Gasteiger partial charge in [-0.2, -0.15) is 0 Å². The van der Waals surface area contributed by atoms with Gasteiger partial charge in [0.25, 0.3) is 0 Å². The highest BCUT2D eigenvalue weighted by Crippen LogP contribution is 2.20. The normalized spacial score (nSPS) is 14.0. The monoisotopic (exact) mass is 308 g/mol. The molecule has 1 aromatic carbocycles. The fraction of sp³-hybridized carbons (Fsp3) is 0.438. The summed E-state index contributed by atoms with van der Waals surface area (Å²) in [4.78, 5) is 15.2. The number of ether oxygens (including phenoxy) is 1. The van der Waals surface area contributed by atoms with E-state index in [4.69, 9.17) is 9.84 Å². The molecule has 6 heteroatoms. The average Bonchev–Trinajstić information content (AvgIpc) is 2.81. The van der Waals surface area contributed by atoms with Gasteiger partial charge in [0.05, 0.1) is 18.6 Å². The number of aliphatic hydroxyl groups is 1. The van der Waals surface area contributed by atoms with Gasteiger partial charge in [-0.1, -0.05) is 0 Å². The fourth-order valence-electron chi connectivity index (χ4n) is 2.59. The van der Waals surface area contributed by atoms with Crippen LogP contribution < -0.4 is 5.32 Å². The number of aromatic amines is 1. The molecule has 0 saturated carbocycles. The van der Waals surface area contributed by atoms with Crippen LogP contribution in [0.25, 0.3) is 10.9 Å². The maximum atomic E-state index is 13.2. The zero-order valence-corrected chi connectivity index (χ0v) is 12.8. The molecule has 5 nitrogen and oxygen atoms in total. The number of benzene rings is 1. The Bertz CT molecular complexity index is 648. The summed E-state index contributed by atoms with van der Waals surface area (Å²) in [5.41, 5.74) is 0.854. The van der Waals surface area contributed by atoms with E-state index in [1.54, 1.807) is 19.4 Å². The number of methoxy groups -OCH3 is 1. The Labute approximate surface area is 128 Å². The molecule has 22 heavy (non-hydrogen) atoms. The van der Waals surface area contributed by atoms with Crippen molar-refractivity contribution in [3.05, 3.63) is 35.8 Å². The molecule has 0 spiro atoms. The van der Waals surface area contributed by atoms with Gasteiger partial charge in [0, 0.05) is 30.8 Å². The molecule has 1 amide bonds. The number of nitrogens with one attached hydrogen (secondary N) is 2. The van der Waals surface area contributed by atoms with Crippen LogP contribution in [0.3, 0.4) is 0 Å². The minimum absolute atomic E-state index is 0.0352. The van der Waals surface area contributed by atoms with Gasteiger partial charge < -0.3 is 20.1 Å². The van der Waals surface area contributed by atoms with Crippen LogP contribution >= 0.6 is 0 Å². The van der Waals surface area contributed by atoms with E-state index in [-0.39, 0.29) is 24.8 Å². The molecule has 0 aliphatic carbocycles. The third kappa shape index (κ3) is 3.84. The SMILES string of the molecule is COCC(C)(CCO)NC(=O)Cc1c[nH]c2cc(F)ccc12. The van der Waals surface area contributed by atoms with Crippen molar-refractivity contribution < 1.29 is 19.0 Å².